The molecule has 2 aromatic rings. The number of rotatable bonds is 9. The zero-order chi connectivity index (χ0) is 24.0. The van der Waals surface area contributed by atoms with Crippen molar-refractivity contribution < 1.29 is 23.8 Å². The van der Waals surface area contributed by atoms with Crippen LogP contribution in [0.25, 0.3) is 6.08 Å². The number of ether oxygens (including phenoxy) is 3. The number of nitrogens with one attached hydrogen (secondary N) is 1. The Hall–Kier alpha value is -3.01. The van der Waals surface area contributed by atoms with Gasteiger partial charge in [0, 0.05) is 5.56 Å². The molecule has 33 heavy (non-hydrogen) atoms. The van der Waals surface area contributed by atoms with Gasteiger partial charge in [0.05, 0.1) is 23.6 Å². The van der Waals surface area contributed by atoms with Crippen molar-refractivity contribution in [1.82, 2.24) is 10.4 Å². The topological polar surface area (TPSA) is 77.1 Å². The zero-order valence-electron chi connectivity index (χ0n) is 17.9. The van der Waals surface area contributed by atoms with Crippen LogP contribution in [0.2, 0.25) is 5.02 Å². The molecule has 7 nitrogen and oxygen atoms in total. The first-order valence-electron chi connectivity index (χ1n) is 9.81. The highest BCUT2D eigenvalue weighted by Crippen LogP contribution is 2.39. The molecule has 0 aliphatic carbocycles. The van der Waals surface area contributed by atoms with E-state index in [1.54, 1.807) is 48.6 Å². The third kappa shape index (κ3) is 5.87. The number of benzene rings is 2. The molecule has 1 fully saturated rings. The van der Waals surface area contributed by atoms with Crippen LogP contribution in [-0.4, -0.2) is 41.5 Å². The van der Waals surface area contributed by atoms with Gasteiger partial charge in [-0.1, -0.05) is 36.0 Å². The average molecular weight is 505 g/mol. The normalized spacial score (nSPS) is 14.4. The first-order chi connectivity index (χ1) is 15.9. The molecule has 1 aliphatic rings. The fraction of sp³-hybridized carbons (Fsp3) is 0.174. The second-order valence-electron chi connectivity index (χ2n) is 6.55. The lowest BCUT2D eigenvalue weighted by atomic mass is 10.1. The first-order valence-corrected chi connectivity index (χ1v) is 11.4. The maximum atomic E-state index is 12.9. The number of halogens is 1. The van der Waals surface area contributed by atoms with Crippen molar-refractivity contribution in [3.05, 3.63) is 70.1 Å². The van der Waals surface area contributed by atoms with E-state index in [1.807, 2.05) is 6.92 Å². The molecule has 0 saturated carbocycles. The predicted octanol–water partition coefficient (Wildman–Crippen LogP) is 4.86. The van der Waals surface area contributed by atoms with Gasteiger partial charge >= 0.3 is 0 Å². The van der Waals surface area contributed by atoms with E-state index in [1.165, 1.54) is 7.11 Å². The van der Waals surface area contributed by atoms with Crippen LogP contribution in [-0.2, 0) is 4.79 Å². The fourth-order valence-electron chi connectivity index (χ4n) is 2.84. The summed E-state index contributed by atoms with van der Waals surface area (Å²) in [6.07, 6.45) is 3.23. The molecule has 0 aromatic heterocycles. The zero-order valence-corrected chi connectivity index (χ0v) is 20.3. The Morgan fingerprint density at radius 2 is 2.00 bits per heavy atom. The highest BCUT2D eigenvalue weighted by molar-refractivity contribution is 8.26. The number of nitrogens with zero attached hydrogens (tertiary/aromatic N) is 1. The van der Waals surface area contributed by atoms with Gasteiger partial charge in [-0.05, 0) is 67.2 Å². The van der Waals surface area contributed by atoms with E-state index in [0.717, 1.165) is 16.8 Å². The predicted molar refractivity (Wildman–Crippen MR) is 134 cm³/mol. The van der Waals surface area contributed by atoms with Gasteiger partial charge in [0.15, 0.2) is 15.8 Å². The van der Waals surface area contributed by atoms with Gasteiger partial charge in [0.2, 0.25) is 0 Å². The Bertz CT molecular complexity index is 1120. The van der Waals surface area contributed by atoms with Crippen molar-refractivity contribution in [2.45, 2.75) is 6.92 Å². The minimum Gasteiger partial charge on any atom is -0.497 e. The Kier molecular flexibility index (Phi) is 8.37. The van der Waals surface area contributed by atoms with Gasteiger partial charge in [-0.25, -0.2) is 0 Å². The van der Waals surface area contributed by atoms with E-state index in [2.05, 4.69) is 12.0 Å². The molecule has 1 aliphatic heterocycles. The van der Waals surface area contributed by atoms with Gasteiger partial charge in [-0.15, -0.1) is 0 Å². The second-order valence-corrected chi connectivity index (χ2v) is 8.63. The lowest BCUT2D eigenvalue weighted by Gasteiger charge is -2.15. The highest BCUT2D eigenvalue weighted by atomic mass is 35.5. The SMILES string of the molecule is C=CCOc1c(Cl)cc(/C=C2\SC(=S)N(NC(=O)c3ccc(OC)cc3)C2=O)cc1OCC. The molecule has 0 atom stereocenters. The van der Waals surface area contributed by atoms with Crippen LogP contribution in [0.3, 0.4) is 0 Å². The van der Waals surface area contributed by atoms with E-state index >= 15 is 0 Å². The second kappa shape index (κ2) is 11.2. The fourth-order valence-corrected chi connectivity index (χ4v) is 4.29. The van der Waals surface area contributed by atoms with Gasteiger partial charge in [0.1, 0.15) is 12.4 Å². The largest absolute Gasteiger partial charge is 0.497 e. The molecule has 10 heteroatoms. The summed E-state index contributed by atoms with van der Waals surface area (Å²) in [6, 6.07) is 9.87. The molecule has 3 rings (SSSR count). The Morgan fingerprint density at radius 1 is 1.27 bits per heavy atom. The monoisotopic (exact) mass is 504 g/mol. The van der Waals surface area contributed by atoms with Crippen molar-refractivity contribution in [2.24, 2.45) is 0 Å². The molecule has 0 spiro atoms. The molecule has 0 unspecified atom stereocenters. The molecule has 1 N–H and O–H groups in total. The number of hydrazine groups is 1. The number of carbonyl (C=O) groups excluding carboxylic acids is 2. The van der Waals surface area contributed by atoms with Gasteiger partial charge < -0.3 is 14.2 Å². The smallest absolute Gasteiger partial charge is 0.285 e. The molecule has 1 saturated heterocycles. The third-order valence-corrected chi connectivity index (χ3v) is 5.92. The lowest BCUT2D eigenvalue weighted by Crippen LogP contribution is -2.44. The first kappa shape index (κ1) is 24.6. The van der Waals surface area contributed by atoms with E-state index in [4.69, 9.17) is 38.0 Å². The standard InChI is InChI=1S/C23H21ClN2O5S2/c1-4-10-31-20-17(24)11-14(12-18(20)30-5-2)13-19-22(28)26(23(32)33-19)25-21(27)15-6-8-16(29-3)9-7-15/h4,6-9,11-13H,1,5,10H2,2-3H3,(H,25,27)/b19-13-. The lowest BCUT2D eigenvalue weighted by molar-refractivity contribution is -0.123. The van der Waals surface area contributed by atoms with Crippen LogP contribution in [0.15, 0.2) is 54.0 Å². The van der Waals surface area contributed by atoms with Crippen LogP contribution in [0, 0.1) is 0 Å². The summed E-state index contributed by atoms with van der Waals surface area (Å²) in [5.41, 5.74) is 3.52. The number of amides is 2. The van der Waals surface area contributed by atoms with Crippen LogP contribution in [0.5, 0.6) is 17.2 Å². The average Bonchev–Trinajstić information content (AvgIpc) is 3.06. The van der Waals surface area contributed by atoms with E-state index < -0.39 is 11.8 Å². The summed E-state index contributed by atoms with van der Waals surface area (Å²) in [5.74, 6) is 0.538. The quantitative estimate of drug-likeness (QED) is 0.297. The maximum absolute atomic E-state index is 12.9. The molecule has 0 bridgehead atoms. The minimum atomic E-state index is -0.472. The van der Waals surface area contributed by atoms with Crippen molar-refractivity contribution in [1.29, 1.82) is 0 Å². The van der Waals surface area contributed by atoms with Crippen molar-refractivity contribution in [3.63, 3.8) is 0 Å². The summed E-state index contributed by atoms with van der Waals surface area (Å²) in [7, 11) is 1.54. The Morgan fingerprint density at radius 3 is 2.64 bits per heavy atom. The molecular weight excluding hydrogens is 484 g/mol. The molecule has 0 radical (unpaired) electrons. The Balaban J connectivity index is 1.81. The van der Waals surface area contributed by atoms with E-state index in [-0.39, 0.29) is 10.9 Å². The van der Waals surface area contributed by atoms with Crippen LogP contribution >= 0.6 is 35.6 Å². The van der Waals surface area contributed by atoms with Crippen LogP contribution < -0.4 is 19.6 Å². The number of hydrogen-bond acceptors (Lipinski definition) is 7. The summed E-state index contributed by atoms with van der Waals surface area (Å²) in [4.78, 5) is 25.8. The molecule has 2 amide bonds. The summed E-state index contributed by atoms with van der Waals surface area (Å²) < 4.78 is 16.5. The van der Waals surface area contributed by atoms with Gasteiger partial charge in [-0.2, -0.15) is 5.01 Å². The molecular formula is C23H21ClN2O5S2. The third-order valence-electron chi connectivity index (χ3n) is 4.33. The van der Waals surface area contributed by atoms with Crippen LogP contribution in [0.1, 0.15) is 22.8 Å². The summed E-state index contributed by atoms with van der Waals surface area (Å²) in [6.45, 7) is 6.14. The number of hydrogen-bond donors (Lipinski definition) is 1. The van der Waals surface area contributed by atoms with E-state index in [9.17, 15) is 9.59 Å². The van der Waals surface area contributed by atoms with Crippen molar-refractivity contribution >= 4 is 57.8 Å². The van der Waals surface area contributed by atoms with Crippen molar-refractivity contribution in [2.75, 3.05) is 20.3 Å². The summed E-state index contributed by atoms with van der Waals surface area (Å²) >= 11 is 12.7. The van der Waals surface area contributed by atoms with Gasteiger partial charge in [0.25, 0.3) is 11.8 Å². The number of thiocarbonyl (C=S) groups is 1. The number of carbonyl (C=O) groups is 2. The van der Waals surface area contributed by atoms with E-state index in [0.29, 0.717) is 44.9 Å². The van der Waals surface area contributed by atoms with Gasteiger partial charge in [-0.3, -0.25) is 15.0 Å². The minimum absolute atomic E-state index is 0.204. The molecule has 172 valence electrons. The number of methoxy groups -OCH3 is 1. The maximum Gasteiger partial charge on any atom is 0.285 e. The van der Waals surface area contributed by atoms with Crippen molar-refractivity contribution in [3.8, 4) is 17.2 Å². The Labute approximate surface area is 206 Å². The van der Waals surface area contributed by atoms with Crippen LogP contribution in [0.4, 0.5) is 0 Å². The molecule has 1 heterocycles. The number of thioether (sulfide) groups is 1. The molecule has 2 aromatic carbocycles. The highest BCUT2D eigenvalue weighted by Gasteiger charge is 2.34. The summed E-state index contributed by atoms with van der Waals surface area (Å²) in [5, 5.41) is 1.38.